The molecule has 1 heteroatoms. The molecule has 1 nitrogen and oxygen atoms in total. The van der Waals surface area contributed by atoms with E-state index in [4.69, 9.17) is 0 Å². The highest BCUT2D eigenvalue weighted by Gasteiger charge is 2.14. The van der Waals surface area contributed by atoms with Gasteiger partial charge in [-0.3, -0.25) is 0 Å². The Hall–Kier alpha value is -1.76. The molecule has 1 atom stereocenters. The van der Waals surface area contributed by atoms with E-state index in [1.54, 1.807) is 6.07 Å². The van der Waals surface area contributed by atoms with Crippen molar-refractivity contribution in [2.75, 3.05) is 0 Å². The molecule has 0 aliphatic carbocycles. The van der Waals surface area contributed by atoms with Crippen LogP contribution in [0.2, 0.25) is 0 Å². The number of hydrogen-bond donors (Lipinski definition) is 1. The second-order valence-corrected chi connectivity index (χ2v) is 4.29. The molecule has 0 bridgehead atoms. The molecule has 0 aliphatic heterocycles. The fourth-order valence-corrected chi connectivity index (χ4v) is 1.99. The fraction of sp³-hybridized carbons (Fsp3) is 0.200. The minimum atomic E-state index is 0.172. The highest BCUT2D eigenvalue weighted by Crippen LogP contribution is 2.36. The summed E-state index contributed by atoms with van der Waals surface area (Å²) < 4.78 is 0. The highest BCUT2D eigenvalue weighted by molar-refractivity contribution is 5.88. The predicted molar refractivity (Wildman–Crippen MR) is 68.8 cm³/mol. The maximum absolute atomic E-state index is 9.99. The summed E-state index contributed by atoms with van der Waals surface area (Å²) in [4.78, 5) is 0. The molecule has 0 fully saturated rings. The van der Waals surface area contributed by atoms with Crippen molar-refractivity contribution in [3.05, 3.63) is 54.1 Å². The molecule has 2 rings (SSSR count). The van der Waals surface area contributed by atoms with Gasteiger partial charge in [-0.15, -0.1) is 0 Å². The van der Waals surface area contributed by atoms with Gasteiger partial charge in [-0.05, 0) is 23.8 Å². The zero-order valence-electron chi connectivity index (χ0n) is 9.70. The van der Waals surface area contributed by atoms with Crippen molar-refractivity contribution in [2.24, 2.45) is 0 Å². The normalized spacial score (nSPS) is 12.6. The molecule has 2 aromatic rings. The van der Waals surface area contributed by atoms with Gasteiger partial charge in [-0.1, -0.05) is 49.4 Å². The topological polar surface area (TPSA) is 20.2 Å². The van der Waals surface area contributed by atoms with Gasteiger partial charge >= 0.3 is 0 Å². The first kappa shape index (κ1) is 10.7. The number of allylic oxidation sites excluding steroid dienone is 1. The Morgan fingerprint density at radius 2 is 1.88 bits per heavy atom. The molecule has 1 N–H and O–H groups in total. The summed E-state index contributed by atoms with van der Waals surface area (Å²) >= 11 is 0. The number of rotatable bonds is 2. The summed E-state index contributed by atoms with van der Waals surface area (Å²) in [5, 5.41) is 12.3. The average molecular weight is 212 g/mol. The van der Waals surface area contributed by atoms with Crippen LogP contribution in [-0.4, -0.2) is 5.11 Å². The van der Waals surface area contributed by atoms with Gasteiger partial charge in [0.1, 0.15) is 5.75 Å². The van der Waals surface area contributed by atoms with Crippen LogP contribution in [-0.2, 0) is 0 Å². The Balaban J connectivity index is 2.75. The summed E-state index contributed by atoms with van der Waals surface area (Å²) in [5.41, 5.74) is 2.04. The molecule has 0 radical (unpaired) electrons. The molecule has 0 aliphatic rings. The van der Waals surface area contributed by atoms with Gasteiger partial charge in [-0.2, -0.15) is 0 Å². The predicted octanol–water partition coefficient (Wildman–Crippen LogP) is 4.23. The van der Waals surface area contributed by atoms with Crippen molar-refractivity contribution >= 4 is 10.8 Å². The van der Waals surface area contributed by atoms with Crippen LogP contribution in [0.5, 0.6) is 5.75 Å². The summed E-state index contributed by atoms with van der Waals surface area (Å²) in [5.74, 6) is 0.528. The van der Waals surface area contributed by atoms with Crippen molar-refractivity contribution in [1.29, 1.82) is 0 Å². The van der Waals surface area contributed by atoms with E-state index in [2.05, 4.69) is 19.6 Å². The number of fused-ring (bicyclic) bond motifs is 1. The van der Waals surface area contributed by atoms with E-state index in [-0.39, 0.29) is 5.92 Å². The van der Waals surface area contributed by atoms with Gasteiger partial charge in [0.15, 0.2) is 0 Å². The number of hydrogen-bond acceptors (Lipinski definition) is 1. The smallest absolute Gasteiger partial charge is 0.120 e. The standard InChI is InChI=1S/C15H16O/c1-10(2)11(3)15-13-7-5-4-6-12(13)8-9-14(15)16/h4-9,11,16H,1H2,2-3H3. The Labute approximate surface area is 96.0 Å². The van der Waals surface area contributed by atoms with Crippen molar-refractivity contribution in [2.45, 2.75) is 19.8 Å². The van der Waals surface area contributed by atoms with E-state index in [1.807, 2.05) is 31.2 Å². The minimum Gasteiger partial charge on any atom is -0.508 e. The molecule has 0 saturated heterocycles. The van der Waals surface area contributed by atoms with E-state index >= 15 is 0 Å². The van der Waals surface area contributed by atoms with Crippen LogP contribution >= 0.6 is 0 Å². The molecule has 82 valence electrons. The summed E-state index contributed by atoms with van der Waals surface area (Å²) in [7, 11) is 0. The maximum atomic E-state index is 9.99. The van der Waals surface area contributed by atoms with E-state index in [1.165, 1.54) is 0 Å². The first-order valence-corrected chi connectivity index (χ1v) is 5.47. The summed E-state index contributed by atoms with van der Waals surface area (Å²) in [6, 6.07) is 11.8. The molecule has 1 unspecified atom stereocenters. The van der Waals surface area contributed by atoms with Crippen LogP contribution in [0.3, 0.4) is 0 Å². The molecule has 0 heterocycles. The molecular weight excluding hydrogens is 196 g/mol. The van der Waals surface area contributed by atoms with Crippen LogP contribution in [0, 0.1) is 0 Å². The van der Waals surface area contributed by atoms with Crippen LogP contribution in [0.1, 0.15) is 25.3 Å². The zero-order chi connectivity index (χ0) is 11.7. The SMILES string of the molecule is C=C(C)C(C)c1c(O)ccc2ccccc12. The maximum Gasteiger partial charge on any atom is 0.120 e. The second-order valence-electron chi connectivity index (χ2n) is 4.29. The van der Waals surface area contributed by atoms with Crippen molar-refractivity contribution in [1.82, 2.24) is 0 Å². The Kier molecular flexibility index (Phi) is 2.69. The molecule has 2 aromatic carbocycles. The van der Waals surface area contributed by atoms with Gasteiger partial charge in [0.05, 0.1) is 0 Å². The molecule has 16 heavy (non-hydrogen) atoms. The van der Waals surface area contributed by atoms with Gasteiger partial charge < -0.3 is 5.11 Å². The molecule has 0 aromatic heterocycles. The number of phenolic OH excluding ortho intramolecular Hbond substituents is 1. The fourth-order valence-electron chi connectivity index (χ4n) is 1.99. The van der Waals surface area contributed by atoms with E-state index < -0.39 is 0 Å². The third-order valence-electron chi connectivity index (χ3n) is 3.12. The average Bonchev–Trinajstić information content (AvgIpc) is 2.28. The lowest BCUT2D eigenvalue weighted by Crippen LogP contribution is -1.96. The van der Waals surface area contributed by atoms with Crippen LogP contribution in [0.15, 0.2) is 48.6 Å². The first-order valence-electron chi connectivity index (χ1n) is 5.47. The first-order chi connectivity index (χ1) is 7.61. The molecular formula is C15H16O. The van der Waals surface area contributed by atoms with Crippen molar-refractivity contribution < 1.29 is 5.11 Å². The van der Waals surface area contributed by atoms with Crippen LogP contribution in [0.25, 0.3) is 10.8 Å². The Morgan fingerprint density at radius 1 is 1.19 bits per heavy atom. The van der Waals surface area contributed by atoms with E-state index in [0.29, 0.717) is 5.75 Å². The largest absolute Gasteiger partial charge is 0.508 e. The molecule has 0 amide bonds. The highest BCUT2D eigenvalue weighted by atomic mass is 16.3. The number of aromatic hydroxyl groups is 1. The number of benzene rings is 2. The third-order valence-corrected chi connectivity index (χ3v) is 3.12. The van der Waals surface area contributed by atoms with Crippen molar-refractivity contribution in [3.8, 4) is 5.75 Å². The lowest BCUT2D eigenvalue weighted by molar-refractivity contribution is 0.467. The van der Waals surface area contributed by atoms with Gasteiger partial charge in [0, 0.05) is 11.5 Å². The summed E-state index contributed by atoms with van der Waals surface area (Å²) in [6.45, 7) is 8.03. The molecule has 0 spiro atoms. The lowest BCUT2D eigenvalue weighted by Gasteiger charge is -2.16. The van der Waals surface area contributed by atoms with Gasteiger partial charge in [-0.25, -0.2) is 0 Å². The monoisotopic (exact) mass is 212 g/mol. The van der Waals surface area contributed by atoms with Crippen LogP contribution < -0.4 is 0 Å². The second kappa shape index (κ2) is 4.01. The van der Waals surface area contributed by atoms with Gasteiger partial charge in [0.25, 0.3) is 0 Å². The van der Waals surface area contributed by atoms with Crippen molar-refractivity contribution in [3.63, 3.8) is 0 Å². The Morgan fingerprint density at radius 3 is 2.56 bits per heavy atom. The van der Waals surface area contributed by atoms with E-state index in [0.717, 1.165) is 21.9 Å². The van der Waals surface area contributed by atoms with Gasteiger partial charge in [0.2, 0.25) is 0 Å². The van der Waals surface area contributed by atoms with Crippen LogP contribution in [0.4, 0.5) is 0 Å². The number of phenols is 1. The quantitative estimate of drug-likeness (QED) is 0.739. The molecule has 0 saturated carbocycles. The minimum absolute atomic E-state index is 0.172. The zero-order valence-corrected chi connectivity index (χ0v) is 9.70. The summed E-state index contributed by atoms with van der Waals surface area (Å²) in [6.07, 6.45) is 0. The Bertz CT molecular complexity index is 540. The van der Waals surface area contributed by atoms with E-state index in [9.17, 15) is 5.11 Å². The third kappa shape index (κ3) is 1.69. The lowest BCUT2D eigenvalue weighted by atomic mass is 9.90.